The van der Waals surface area contributed by atoms with Gasteiger partial charge in [-0.3, -0.25) is 4.31 Å². The summed E-state index contributed by atoms with van der Waals surface area (Å²) in [4.78, 5) is 4.52. The molecule has 0 aliphatic carbocycles. The molecule has 96 valence electrons. The minimum Gasteiger partial charge on any atom is -0.316 e. The first kappa shape index (κ1) is 11.7. The summed E-state index contributed by atoms with van der Waals surface area (Å²) in [5.74, 6) is 0.372. The molecule has 0 bridgehead atoms. The van der Waals surface area contributed by atoms with Gasteiger partial charge in [0.05, 0.1) is 5.69 Å². The van der Waals surface area contributed by atoms with E-state index in [0.29, 0.717) is 23.0 Å². The minimum absolute atomic E-state index is 0.304. The van der Waals surface area contributed by atoms with Crippen LogP contribution in [-0.2, 0) is 10.0 Å². The Morgan fingerprint density at radius 1 is 1.39 bits per heavy atom. The molecule has 1 N–H and O–H groups in total. The molecule has 0 spiro atoms. The van der Waals surface area contributed by atoms with Gasteiger partial charge in [-0.2, -0.15) is 0 Å². The fraction of sp³-hybridized carbons (Fsp3) is 0.417. The molecule has 0 saturated carbocycles. The fourth-order valence-electron chi connectivity index (χ4n) is 2.37. The summed E-state index contributed by atoms with van der Waals surface area (Å²) in [7, 11) is -3.41. The molecule has 1 unspecified atom stereocenters. The largest absolute Gasteiger partial charge is 0.316 e. The van der Waals surface area contributed by atoms with Crippen molar-refractivity contribution in [3.05, 3.63) is 24.3 Å². The van der Waals surface area contributed by atoms with Crippen LogP contribution in [0, 0.1) is 5.92 Å². The maximum Gasteiger partial charge on any atom is 0.267 e. The number of hydrogen-bond acceptors (Lipinski definition) is 4. The summed E-state index contributed by atoms with van der Waals surface area (Å²) in [5, 5.41) is 3.24. The van der Waals surface area contributed by atoms with Gasteiger partial charge in [0.25, 0.3) is 10.0 Å². The van der Waals surface area contributed by atoms with Crippen LogP contribution < -0.4 is 5.32 Å². The number of nitrogens with zero attached hydrogens (tertiary/aromatic N) is 2. The lowest BCUT2D eigenvalue weighted by Crippen LogP contribution is -2.36. The van der Waals surface area contributed by atoms with Gasteiger partial charge in [0.15, 0.2) is 0 Å². The molecule has 2 aliphatic rings. The van der Waals surface area contributed by atoms with Crippen molar-refractivity contribution in [2.45, 2.75) is 11.3 Å². The number of sulfonamides is 1. The maximum atomic E-state index is 12.4. The van der Waals surface area contributed by atoms with Gasteiger partial charge in [0.2, 0.25) is 0 Å². The smallest absolute Gasteiger partial charge is 0.267 e. The predicted molar refractivity (Wildman–Crippen MR) is 69.5 cm³/mol. The number of aliphatic imine (C=N–C) groups is 1. The van der Waals surface area contributed by atoms with Crippen LogP contribution in [0.3, 0.4) is 0 Å². The van der Waals surface area contributed by atoms with E-state index in [1.807, 2.05) is 0 Å². The lowest BCUT2D eigenvalue weighted by molar-refractivity contribution is 0.450. The molecule has 18 heavy (non-hydrogen) atoms. The molecule has 1 fully saturated rings. The Hall–Kier alpha value is -1.40. The molecule has 1 aromatic carbocycles. The first-order valence-electron chi connectivity index (χ1n) is 6.04. The van der Waals surface area contributed by atoms with E-state index in [-0.39, 0.29) is 0 Å². The Morgan fingerprint density at radius 3 is 3.00 bits per heavy atom. The van der Waals surface area contributed by atoms with Gasteiger partial charge in [-0.15, -0.1) is 0 Å². The van der Waals surface area contributed by atoms with E-state index >= 15 is 0 Å². The highest BCUT2D eigenvalue weighted by atomic mass is 32.2. The van der Waals surface area contributed by atoms with Crippen molar-refractivity contribution < 1.29 is 8.42 Å². The highest BCUT2D eigenvalue weighted by Gasteiger charge is 2.30. The van der Waals surface area contributed by atoms with Crippen molar-refractivity contribution in [2.24, 2.45) is 10.9 Å². The first-order chi connectivity index (χ1) is 8.68. The van der Waals surface area contributed by atoms with Gasteiger partial charge in [-0.25, -0.2) is 13.4 Å². The van der Waals surface area contributed by atoms with Crippen LogP contribution in [0.2, 0.25) is 0 Å². The molecule has 2 aliphatic heterocycles. The Kier molecular flexibility index (Phi) is 2.83. The SMILES string of the molecule is O=S1(=O)c2ccccc2N=CN1CC1CCNC1. The quantitative estimate of drug-likeness (QED) is 0.866. The molecule has 1 aromatic rings. The van der Waals surface area contributed by atoms with E-state index in [0.717, 1.165) is 19.5 Å². The number of hydrogen-bond donors (Lipinski definition) is 1. The maximum absolute atomic E-state index is 12.4. The van der Waals surface area contributed by atoms with Crippen molar-refractivity contribution in [2.75, 3.05) is 19.6 Å². The third-order valence-electron chi connectivity index (χ3n) is 3.38. The average molecular weight is 265 g/mol. The fourth-order valence-corrected chi connectivity index (χ4v) is 3.83. The Balaban J connectivity index is 1.91. The zero-order valence-electron chi connectivity index (χ0n) is 9.91. The molecular formula is C12H15N3O2S. The number of benzene rings is 1. The van der Waals surface area contributed by atoms with E-state index in [2.05, 4.69) is 10.3 Å². The predicted octanol–water partition coefficient (Wildman–Crippen LogP) is 0.960. The summed E-state index contributed by atoms with van der Waals surface area (Å²) in [6.45, 7) is 2.35. The van der Waals surface area contributed by atoms with E-state index in [1.54, 1.807) is 24.3 Å². The summed E-state index contributed by atoms with van der Waals surface area (Å²) in [6, 6.07) is 6.85. The monoisotopic (exact) mass is 265 g/mol. The van der Waals surface area contributed by atoms with Crippen LogP contribution in [-0.4, -0.2) is 38.7 Å². The number of rotatable bonds is 2. The molecule has 0 radical (unpaired) electrons. The second kappa shape index (κ2) is 4.37. The van der Waals surface area contributed by atoms with Gasteiger partial charge in [0.1, 0.15) is 11.2 Å². The highest BCUT2D eigenvalue weighted by molar-refractivity contribution is 7.89. The second-order valence-electron chi connectivity index (χ2n) is 4.65. The average Bonchev–Trinajstić information content (AvgIpc) is 2.86. The van der Waals surface area contributed by atoms with Gasteiger partial charge in [-0.05, 0) is 37.6 Å². The topological polar surface area (TPSA) is 61.8 Å². The molecule has 1 saturated heterocycles. The molecule has 3 rings (SSSR count). The Labute approximate surface area is 107 Å². The molecule has 1 atom stereocenters. The van der Waals surface area contributed by atoms with Gasteiger partial charge in [-0.1, -0.05) is 12.1 Å². The second-order valence-corrected chi connectivity index (χ2v) is 6.50. The van der Waals surface area contributed by atoms with Gasteiger partial charge in [0, 0.05) is 6.54 Å². The third-order valence-corrected chi connectivity index (χ3v) is 5.14. The summed E-state index contributed by atoms with van der Waals surface area (Å²) < 4.78 is 26.2. The van der Waals surface area contributed by atoms with Crippen LogP contribution in [0.5, 0.6) is 0 Å². The number of para-hydroxylation sites is 1. The zero-order chi connectivity index (χ0) is 12.6. The van der Waals surface area contributed by atoms with Crippen molar-refractivity contribution in [1.29, 1.82) is 0 Å². The van der Waals surface area contributed by atoms with Crippen LogP contribution in [0.15, 0.2) is 34.2 Å². The molecular weight excluding hydrogens is 250 g/mol. The minimum atomic E-state index is -3.41. The van der Waals surface area contributed by atoms with Crippen LogP contribution in [0.1, 0.15) is 6.42 Å². The van der Waals surface area contributed by atoms with E-state index in [9.17, 15) is 8.42 Å². The molecule has 5 nitrogen and oxygen atoms in total. The van der Waals surface area contributed by atoms with Gasteiger partial charge >= 0.3 is 0 Å². The van der Waals surface area contributed by atoms with E-state index < -0.39 is 10.0 Å². The van der Waals surface area contributed by atoms with Crippen molar-refractivity contribution >= 4 is 22.0 Å². The highest BCUT2D eigenvalue weighted by Crippen LogP contribution is 2.30. The summed E-state index contributed by atoms with van der Waals surface area (Å²) in [6.07, 6.45) is 2.46. The first-order valence-corrected chi connectivity index (χ1v) is 7.48. The summed E-state index contributed by atoms with van der Waals surface area (Å²) in [5.41, 5.74) is 0.526. The number of nitrogens with one attached hydrogen (secondary N) is 1. The number of fused-ring (bicyclic) bond motifs is 1. The van der Waals surface area contributed by atoms with Crippen LogP contribution in [0.4, 0.5) is 5.69 Å². The molecule has 6 heteroatoms. The standard InChI is InChI=1S/C12H15N3O2S/c16-18(17)12-4-2-1-3-11(12)14-9-15(18)8-10-5-6-13-7-10/h1-4,9-10,13H,5-8H2. The lowest BCUT2D eigenvalue weighted by atomic mass is 10.1. The Morgan fingerprint density at radius 2 is 2.22 bits per heavy atom. The molecule has 0 amide bonds. The lowest BCUT2D eigenvalue weighted by Gasteiger charge is -2.26. The summed E-state index contributed by atoms with van der Waals surface area (Å²) >= 11 is 0. The molecule has 2 heterocycles. The Bertz CT molecular complexity index is 577. The van der Waals surface area contributed by atoms with Crippen LogP contribution >= 0.6 is 0 Å². The van der Waals surface area contributed by atoms with E-state index in [4.69, 9.17) is 0 Å². The molecule has 0 aromatic heterocycles. The zero-order valence-corrected chi connectivity index (χ0v) is 10.7. The van der Waals surface area contributed by atoms with E-state index in [1.165, 1.54) is 10.6 Å². The van der Waals surface area contributed by atoms with Crippen molar-refractivity contribution in [3.63, 3.8) is 0 Å². The third kappa shape index (κ3) is 1.91. The van der Waals surface area contributed by atoms with Crippen molar-refractivity contribution in [1.82, 2.24) is 9.62 Å². The van der Waals surface area contributed by atoms with Crippen molar-refractivity contribution in [3.8, 4) is 0 Å². The van der Waals surface area contributed by atoms with Crippen LogP contribution in [0.25, 0.3) is 0 Å². The normalized spacial score (nSPS) is 25.1. The van der Waals surface area contributed by atoms with Gasteiger partial charge < -0.3 is 5.32 Å².